The minimum absolute atomic E-state index is 0.0126. The molecule has 0 aliphatic carbocycles. The number of hydrogen-bond acceptors (Lipinski definition) is 4. The summed E-state index contributed by atoms with van der Waals surface area (Å²) in [5, 5.41) is 7.77. The highest BCUT2D eigenvalue weighted by Crippen LogP contribution is 2.15. The smallest absolute Gasteiger partial charge is 0.261 e. The van der Waals surface area contributed by atoms with E-state index in [0.717, 1.165) is 32.5 Å². The van der Waals surface area contributed by atoms with Crippen molar-refractivity contribution in [1.29, 1.82) is 0 Å². The van der Waals surface area contributed by atoms with E-state index in [0.29, 0.717) is 17.8 Å². The number of carbonyl (C=O) groups is 2. The zero-order valence-electron chi connectivity index (χ0n) is 15.7. The maximum absolute atomic E-state index is 12.1. The lowest BCUT2D eigenvalue weighted by molar-refractivity contribution is -0.122. The van der Waals surface area contributed by atoms with Crippen molar-refractivity contribution in [1.82, 2.24) is 15.5 Å². The summed E-state index contributed by atoms with van der Waals surface area (Å²) in [6.45, 7) is 5.45. The van der Waals surface area contributed by atoms with Crippen molar-refractivity contribution >= 4 is 23.2 Å². The molecule has 27 heavy (non-hydrogen) atoms. The van der Waals surface area contributed by atoms with E-state index < -0.39 is 0 Å². The molecule has 0 spiro atoms. The van der Waals surface area contributed by atoms with E-state index in [2.05, 4.69) is 46.7 Å². The number of hydrogen-bond donors (Lipinski definition) is 2. The highest BCUT2D eigenvalue weighted by Gasteiger charge is 2.20. The van der Waals surface area contributed by atoms with Crippen LogP contribution in [0.4, 0.5) is 0 Å². The van der Waals surface area contributed by atoms with Gasteiger partial charge in [0, 0.05) is 38.6 Å². The van der Waals surface area contributed by atoms with Gasteiger partial charge in [-0.3, -0.25) is 14.5 Å². The van der Waals surface area contributed by atoms with Crippen LogP contribution in [0.25, 0.3) is 0 Å². The molecule has 0 radical (unpaired) electrons. The van der Waals surface area contributed by atoms with E-state index in [-0.39, 0.29) is 17.9 Å². The Morgan fingerprint density at radius 3 is 2.70 bits per heavy atom. The molecule has 2 heterocycles. The number of rotatable bonds is 7. The third kappa shape index (κ3) is 6.19. The Labute approximate surface area is 164 Å². The fraction of sp³-hybridized carbons (Fsp3) is 0.429. The van der Waals surface area contributed by atoms with Crippen molar-refractivity contribution in [3.05, 3.63) is 57.8 Å². The van der Waals surface area contributed by atoms with Gasteiger partial charge in [-0.15, -0.1) is 11.3 Å². The lowest BCUT2D eigenvalue weighted by Gasteiger charge is -2.32. The van der Waals surface area contributed by atoms with Gasteiger partial charge in [0.2, 0.25) is 5.91 Å². The zero-order chi connectivity index (χ0) is 19.1. The number of amides is 2. The standard InChI is InChI=1S/C21H27N3O2S/c1-16-4-2-5-17(14-16)15-24-11-8-18(9-12-24)23-20(25)7-10-22-21(26)19-6-3-13-27-19/h2-6,13-14,18H,7-12,15H2,1H3,(H,22,26)(H,23,25). The van der Waals surface area contributed by atoms with Crippen LogP contribution in [0, 0.1) is 6.92 Å². The average Bonchev–Trinajstić information content (AvgIpc) is 3.18. The first kappa shape index (κ1) is 19.6. The first-order chi connectivity index (χ1) is 13.1. The second kappa shape index (κ2) is 9.67. The molecule has 0 bridgehead atoms. The summed E-state index contributed by atoms with van der Waals surface area (Å²) >= 11 is 1.40. The first-order valence-electron chi connectivity index (χ1n) is 9.49. The van der Waals surface area contributed by atoms with E-state index in [9.17, 15) is 9.59 Å². The van der Waals surface area contributed by atoms with E-state index in [4.69, 9.17) is 0 Å². The molecule has 1 saturated heterocycles. The van der Waals surface area contributed by atoms with E-state index in [1.54, 1.807) is 6.07 Å². The molecular formula is C21H27N3O2S. The molecule has 144 valence electrons. The molecule has 0 unspecified atom stereocenters. The summed E-state index contributed by atoms with van der Waals surface area (Å²) in [5.74, 6) is -0.0964. The van der Waals surface area contributed by atoms with E-state index >= 15 is 0 Å². The Morgan fingerprint density at radius 1 is 1.19 bits per heavy atom. The van der Waals surface area contributed by atoms with Crippen molar-refractivity contribution in [2.24, 2.45) is 0 Å². The Morgan fingerprint density at radius 2 is 2.00 bits per heavy atom. The van der Waals surface area contributed by atoms with E-state index in [1.807, 2.05) is 11.4 Å². The zero-order valence-corrected chi connectivity index (χ0v) is 16.6. The summed E-state index contributed by atoms with van der Waals surface area (Å²) in [6, 6.07) is 12.5. The molecule has 6 heteroatoms. The van der Waals surface area contributed by atoms with Gasteiger partial charge in [-0.25, -0.2) is 0 Å². The number of nitrogens with zero attached hydrogens (tertiary/aromatic N) is 1. The Hall–Kier alpha value is -2.18. The molecule has 2 N–H and O–H groups in total. The van der Waals surface area contributed by atoms with Crippen LogP contribution in [0.5, 0.6) is 0 Å². The molecule has 3 rings (SSSR count). The summed E-state index contributed by atoms with van der Waals surface area (Å²) in [4.78, 5) is 27.1. The second-order valence-corrected chi connectivity index (χ2v) is 8.04. The van der Waals surface area contributed by atoms with Crippen LogP contribution in [0.3, 0.4) is 0 Å². The topological polar surface area (TPSA) is 61.4 Å². The molecule has 0 saturated carbocycles. The van der Waals surface area contributed by atoms with Gasteiger partial charge in [0.1, 0.15) is 0 Å². The summed E-state index contributed by atoms with van der Waals surface area (Å²) in [6.07, 6.45) is 2.26. The summed E-state index contributed by atoms with van der Waals surface area (Å²) in [5.41, 5.74) is 2.64. The van der Waals surface area contributed by atoms with Gasteiger partial charge in [0.25, 0.3) is 5.91 Å². The second-order valence-electron chi connectivity index (χ2n) is 7.09. The fourth-order valence-electron chi connectivity index (χ4n) is 3.39. The number of nitrogens with one attached hydrogen (secondary N) is 2. The maximum atomic E-state index is 12.1. The number of aryl methyl sites for hydroxylation is 1. The molecule has 0 atom stereocenters. The van der Waals surface area contributed by atoms with Gasteiger partial charge in [-0.1, -0.05) is 35.9 Å². The van der Waals surface area contributed by atoms with Crippen LogP contribution in [0.15, 0.2) is 41.8 Å². The Balaban J connectivity index is 1.32. The number of carbonyl (C=O) groups excluding carboxylic acids is 2. The molecule has 1 aromatic carbocycles. The normalized spacial score (nSPS) is 15.4. The van der Waals surface area contributed by atoms with Crippen LogP contribution < -0.4 is 10.6 Å². The first-order valence-corrected chi connectivity index (χ1v) is 10.4. The van der Waals surface area contributed by atoms with Gasteiger partial charge in [0.05, 0.1) is 4.88 Å². The minimum atomic E-state index is -0.109. The molecule has 1 aromatic heterocycles. The largest absolute Gasteiger partial charge is 0.353 e. The minimum Gasteiger partial charge on any atom is -0.353 e. The third-order valence-electron chi connectivity index (χ3n) is 4.82. The lowest BCUT2D eigenvalue weighted by atomic mass is 10.0. The number of likely N-dealkylation sites (tertiary alicyclic amines) is 1. The lowest BCUT2D eigenvalue weighted by Crippen LogP contribution is -2.45. The average molecular weight is 386 g/mol. The Kier molecular flexibility index (Phi) is 7.01. The van der Waals surface area contributed by atoms with Crippen LogP contribution in [0.2, 0.25) is 0 Å². The van der Waals surface area contributed by atoms with Crippen molar-refractivity contribution in [3.63, 3.8) is 0 Å². The van der Waals surface area contributed by atoms with Crippen LogP contribution in [-0.4, -0.2) is 42.4 Å². The monoisotopic (exact) mass is 385 g/mol. The molecule has 1 aliphatic rings. The quantitative estimate of drug-likeness (QED) is 0.770. The maximum Gasteiger partial charge on any atom is 0.261 e. The van der Waals surface area contributed by atoms with Gasteiger partial charge < -0.3 is 10.6 Å². The Bertz CT molecular complexity index is 753. The van der Waals surface area contributed by atoms with Crippen LogP contribution in [0.1, 0.15) is 40.1 Å². The van der Waals surface area contributed by atoms with Gasteiger partial charge in [-0.2, -0.15) is 0 Å². The predicted octanol–water partition coefficient (Wildman–Crippen LogP) is 2.96. The van der Waals surface area contributed by atoms with Gasteiger partial charge >= 0.3 is 0 Å². The fourth-order valence-corrected chi connectivity index (χ4v) is 4.03. The molecule has 2 aromatic rings. The van der Waals surface area contributed by atoms with Crippen molar-refractivity contribution in [2.45, 2.75) is 38.8 Å². The molecular weight excluding hydrogens is 358 g/mol. The van der Waals surface area contributed by atoms with E-state index in [1.165, 1.54) is 22.5 Å². The highest BCUT2D eigenvalue weighted by atomic mass is 32.1. The third-order valence-corrected chi connectivity index (χ3v) is 5.69. The molecule has 1 aliphatic heterocycles. The predicted molar refractivity (Wildman–Crippen MR) is 109 cm³/mol. The van der Waals surface area contributed by atoms with Crippen molar-refractivity contribution < 1.29 is 9.59 Å². The van der Waals surface area contributed by atoms with Gasteiger partial charge in [0.15, 0.2) is 0 Å². The van der Waals surface area contributed by atoms with Crippen molar-refractivity contribution in [3.8, 4) is 0 Å². The van der Waals surface area contributed by atoms with Gasteiger partial charge in [-0.05, 0) is 36.8 Å². The highest BCUT2D eigenvalue weighted by molar-refractivity contribution is 7.12. The number of piperidine rings is 1. The summed E-state index contributed by atoms with van der Waals surface area (Å²) in [7, 11) is 0. The molecule has 2 amide bonds. The SMILES string of the molecule is Cc1cccc(CN2CCC(NC(=O)CCNC(=O)c3cccs3)CC2)c1. The number of benzene rings is 1. The summed E-state index contributed by atoms with van der Waals surface area (Å²) < 4.78 is 0. The number of thiophene rings is 1. The molecule has 1 fully saturated rings. The van der Waals surface area contributed by atoms with Crippen molar-refractivity contribution in [2.75, 3.05) is 19.6 Å². The van der Waals surface area contributed by atoms with Crippen LogP contribution in [-0.2, 0) is 11.3 Å². The molecule has 5 nitrogen and oxygen atoms in total. The van der Waals surface area contributed by atoms with Crippen LogP contribution >= 0.6 is 11.3 Å².